The zero-order valence-electron chi connectivity index (χ0n) is 10.8. The van der Waals surface area contributed by atoms with E-state index in [0.29, 0.717) is 12.1 Å². The normalized spacial score (nSPS) is 19.6. The van der Waals surface area contributed by atoms with Crippen molar-refractivity contribution in [1.29, 1.82) is 0 Å². The fourth-order valence-corrected chi connectivity index (χ4v) is 2.58. The highest BCUT2D eigenvalue weighted by Gasteiger charge is 2.28. The number of likely N-dealkylation sites (tertiary alicyclic amines) is 1. The highest BCUT2D eigenvalue weighted by Crippen LogP contribution is 2.25. The predicted octanol–water partition coefficient (Wildman–Crippen LogP) is 0.558. The van der Waals surface area contributed by atoms with Crippen LogP contribution in [-0.4, -0.2) is 48.9 Å². The summed E-state index contributed by atoms with van der Waals surface area (Å²) in [7, 11) is 1.94. The first-order valence-electron chi connectivity index (χ1n) is 6.37. The van der Waals surface area contributed by atoms with Crippen molar-refractivity contribution in [2.75, 3.05) is 13.1 Å². The Kier molecular flexibility index (Phi) is 3.02. The van der Waals surface area contributed by atoms with Crippen LogP contribution in [0, 0.1) is 0 Å². The Labute approximate surface area is 110 Å². The number of aromatic nitrogens is 5. The topological polar surface area (TPSA) is 79.7 Å². The Bertz CT molecular complexity index is 561. The van der Waals surface area contributed by atoms with Crippen LogP contribution in [0.3, 0.4) is 0 Å². The molecule has 0 bridgehead atoms. The zero-order valence-corrected chi connectivity index (χ0v) is 10.8. The second kappa shape index (κ2) is 4.83. The van der Waals surface area contributed by atoms with E-state index < -0.39 is 0 Å². The van der Waals surface area contributed by atoms with E-state index >= 15 is 0 Å². The van der Waals surface area contributed by atoms with Crippen LogP contribution in [0.15, 0.2) is 18.7 Å². The summed E-state index contributed by atoms with van der Waals surface area (Å²) in [4.78, 5) is 14.2. The smallest absolute Gasteiger partial charge is 0.257 e. The van der Waals surface area contributed by atoms with E-state index in [1.807, 2.05) is 16.5 Å². The average molecular weight is 260 g/mol. The average Bonchev–Trinajstić information content (AvgIpc) is 3.09. The van der Waals surface area contributed by atoms with Crippen LogP contribution in [0.4, 0.5) is 0 Å². The van der Waals surface area contributed by atoms with E-state index in [2.05, 4.69) is 20.4 Å². The summed E-state index contributed by atoms with van der Waals surface area (Å²) in [5.74, 6) is 1.24. The Morgan fingerprint density at radius 2 is 2.42 bits per heavy atom. The number of amides is 1. The molecule has 7 heteroatoms. The van der Waals surface area contributed by atoms with Gasteiger partial charge in [-0.05, 0) is 12.8 Å². The molecule has 0 aliphatic carbocycles. The number of carbonyl (C=O) groups is 1. The minimum atomic E-state index is 0.0284. The summed E-state index contributed by atoms with van der Waals surface area (Å²) in [6.45, 7) is 1.48. The summed E-state index contributed by atoms with van der Waals surface area (Å²) in [5, 5.41) is 14.6. The van der Waals surface area contributed by atoms with Crippen molar-refractivity contribution in [3.8, 4) is 0 Å². The number of aryl methyl sites for hydroxylation is 1. The highest BCUT2D eigenvalue weighted by molar-refractivity contribution is 5.93. The lowest BCUT2D eigenvalue weighted by atomic mass is 9.97. The van der Waals surface area contributed by atoms with Crippen molar-refractivity contribution in [3.63, 3.8) is 0 Å². The largest absolute Gasteiger partial charge is 0.338 e. The second-order valence-corrected chi connectivity index (χ2v) is 4.88. The quantitative estimate of drug-likeness (QED) is 0.855. The van der Waals surface area contributed by atoms with Crippen LogP contribution >= 0.6 is 0 Å². The van der Waals surface area contributed by atoms with Gasteiger partial charge in [-0.3, -0.25) is 9.89 Å². The van der Waals surface area contributed by atoms with Gasteiger partial charge in [-0.25, -0.2) is 0 Å². The molecule has 1 atom stereocenters. The number of hydrogen-bond donors (Lipinski definition) is 1. The van der Waals surface area contributed by atoms with Crippen molar-refractivity contribution < 1.29 is 4.79 Å². The van der Waals surface area contributed by atoms with Gasteiger partial charge in [-0.15, -0.1) is 10.2 Å². The van der Waals surface area contributed by atoms with Crippen molar-refractivity contribution in [2.45, 2.75) is 18.8 Å². The first-order valence-corrected chi connectivity index (χ1v) is 6.37. The molecule has 0 aromatic carbocycles. The monoisotopic (exact) mass is 260 g/mol. The third-order valence-corrected chi connectivity index (χ3v) is 3.57. The molecular formula is C12H16N6O. The van der Waals surface area contributed by atoms with Crippen LogP contribution in [-0.2, 0) is 7.05 Å². The number of aromatic amines is 1. The number of rotatable bonds is 2. The van der Waals surface area contributed by atoms with Crippen molar-refractivity contribution in [3.05, 3.63) is 30.1 Å². The van der Waals surface area contributed by atoms with E-state index in [0.717, 1.165) is 25.2 Å². The summed E-state index contributed by atoms with van der Waals surface area (Å²) in [6.07, 6.45) is 6.93. The minimum Gasteiger partial charge on any atom is -0.338 e. The van der Waals surface area contributed by atoms with Crippen LogP contribution in [0.2, 0.25) is 0 Å². The molecule has 2 aromatic rings. The Morgan fingerprint density at radius 3 is 3.11 bits per heavy atom. The number of H-pyrrole nitrogens is 1. The first kappa shape index (κ1) is 11.9. The molecule has 3 rings (SSSR count). The fourth-order valence-electron chi connectivity index (χ4n) is 2.58. The molecule has 100 valence electrons. The molecule has 0 radical (unpaired) electrons. The van der Waals surface area contributed by atoms with E-state index in [4.69, 9.17) is 0 Å². The number of carbonyl (C=O) groups excluding carboxylic acids is 1. The molecule has 1 aliphatic rings. The van der Waals surface area contributed by atoms with Gasteiger partial charge >= 0.3 is 0 Å². The maximum absolute atomic E-state index is 12.3. The molecule has 19 heavy (non-hydrogen) atoms. The third kappa shape index (κ3) is 2.23. The molecule has 1 unspecified atom stereocenters. The van der Waals surface area contributed by atoms with E-state index in [9.17, 15) is 4.79 Å². The highest BCUT2D eigenvalue weighted by atomic mass is 16.2. The standard InChI is InChI=1S/C12H16N6O/c1-17-8-15-16-11(17)9-3-2-4-18(7-9)12(19)10-5-13-14-6-10/h5-6,8-9H,2-4,7H2,1H3,(H,13,14). The van der Waals surface area contributed by atoms with Gasteiger partial charge in [0.2, 0.25) is 0 Å². The van der Waals surface area contributed by atoms with Crippen LogP contribution in [0.1, 0.15) is 34.9 Å². The van der Waals surface area contributed by atoms with Gasteiger partial charge in [-0.2, -0.15) is 5.10 Å². The fraction of sp³-hybridized carbons (Fsp3) is 0.500. The molecule has 1 fully saturated rings. The SMILES string of the molecule is Cn1cnnc1C1CCCN(C(=O)c2cn[nH]c2)C1. The van der Waals surface area contributed by atoms with E-state index in [-0.39, 0.29) is 11.8 Å². The minimum absolute atomic E-state index is 0.0284. The van der Waals surface area contributed by atoms with Crippen LogP contribution in [0.5, 0.6) is 0 Å². The van der Waals surface area contributed by atoms with Crippen molar-refractivity contribution >= 4 is 5.91 Å². The van der Waals surface area contributed by atoms with Crippen molar-refractivity contribution in [2.24, 2.45) is 7.05 Å². The van der Waals surface area contributed by atoms with Gasteiger partial charge in [0.25, 0.3) is 5.91 Å². The number of nitrogens with zero attached hydrogens (tertiary/aromatic N) is 5. The maximum atomic E-state index is 12.3. The summed E-state index contributed by atoms with van der Waals surface area (Å²) >= 11 is 0. The molecule has 1 amide bonds. The molecular weight excluding hydrogens is 244 g/mol. The first-order chi connectivity index (χ1) is 9.25. The van der Waals surface area contributed by atoms with Crippen molar-refractivity contribution in [1.82, 2.24) is 29.9 Å². The molecule has 0 saturated carbocycles. The number of nitrogens with one attached hydrogen (secondary N) is 1. The molecule has 0 spiro atoms. The Hall–Kier alpha value is -2.18. The third-order valence-electron chi connectivity index (χ3n) is 3.57. The lowest BCUT2D eigenvalue weighted by Gasteiger charge is -2.31. The maximum Gasteiger partial charge on any atom is 0.257 e. The van der Waals surface area contributed by atoms with Crippen LogP contribution < -0.4 is 0 Å². The molecule has 1 N–H and O–H groups in total. The Morgan fingerprint density at radius 1 is 1.53 bits per heavy atom. The number of piperidine rings is 1. The summed E-state index contributed by atoms with van der Waals surface area (Å²) in [5.41, 5.74) is 0.610. The summed E-state index contributed by atoms with van der Waals surface area (Å²) in [6, 6.07) is 0. The molecule has 7 nitrogen and oxygen atoms in total. The Balaban J connectivity index is 1.75. The molecule has 1 saturated heterocycles. The predicted molar refractivity (Wildman–Crippen MR) is 67.5 cm³/mol. The second-order valence-electron chi connectivity index (χ2n) is 4.88. The lowest BCUT2D eigenvalue weighted by molar-refractivity contribution is 0.0703. The number of hydrogen-bond acceptors (Lipinski definition) is 4. The van der Waals surface area contributed by atoms with E-state index in [1.165, 1.54) is 0 Å². The molecule has 3 heterocycles. The van der Waals surface area contributed by atoms with Crippen LogP contribution in [0.25, 0.3) is 0 Å². The summed E-state index contributed by atoms with van der Waals surface area (Å²) < 4.78 is 1.93. The van der Waals surface area contributed by atoms with E-state index in [1.54, 1.807) is 18.7 Å². The van der Waals surface area contributed by atoms with Gasteiger partial charge < -0.3 is 9.47 Å². The molecule has 2 aromatic heterocycles. The van der Waals surface area contributed by atoms with Gasteiger partial charge in [0, 0.05) is 32.3 Å². The van der Waals surface area contributed by atoms with Gasteiger partial charge in [0.15, 0.2) is 0 Å². The molecule has 1 aliphatic heterocycles. The lowest BCUT2D eigenvalue weighted by Crippen LogP contribution is -2.39. The van der Waals surface area contributed by atoms with Gasteiger partial charge in [-0.1, -0.05) is 0 Å². The van der Waals surface area contributed by atoms with Gasteiger partial charge in [0.05, 0.1) is 11.8 Å². The van der Waals surface area contributed by atoms with Gasteiger partial charge in [0.1, 0.15) is 12.2 Å². The zero-order chi connectivity index (χ0) is 13.2.